The van der Waals surface area contributed by atoms with Crippen molar-refractivity contribution in [2.75, 3.05) is 5.73 Å². The van der Waals surface area contributed by atoms with Gasteiger partial charge in [0.05, 0.1) is 11.2 Å². The maximum Gasteiger partial charge on any atom is 0.498 e. The second-order valence-corrected chi connectivity index (χ2v) is 5.84. The maximum atomic E-state index is 6.02. The molecule has 0 bridgehead atoms. The Labute approximate surface area is 112 Å². The Morgan fingerprint density at radius 2 is 1.74 bits per heavy atom. The minimum atomic E-state index is -0.471. The molecule has 0 radical (unpaired) electrons. The molecule has 0 amide bonds. The summed E-state index contributed by atoms with van der Waals surface area (Å²) in [4.78, 5) is 4.12. The fourth-order valence-electron chi connectivity index (χ4n) is 2.14. The zero-order valence-electron chi connectivity index (χ0n) is 11.6. The third-order valence-electron chi connectivity index (χ3n) is 3.97. The number of hydrogen-bond acceptors (Lipinski definition) is 5. The van der Waals surface area contributed by atoms with E-state index in [0.717, 1.165) is 5.46 Å². The standard InChI is InChI=1S/C13H17BN2O3/c1-12(2)13(3,4)19-14(18-12)8-6-5-7-9-10(8)17-11(15)16-9/h5-7H,1-4H3,(H2,15,16). The first-order valence-electron chi connectivity index (χ1n) is 6.31. The highest BCUT2D eigenvalue weighted by Gasteiger charge is 2.52. The van der Waals surface area contributed by atoms with Crippen LogP contribution in [0.1, 0.15) is 27.7 Å². The molecule has 1 aliphatic rings. The van der Waals surface area contributed by atoms with Gasteiger partial charge in [-0.15, -0.1) is 0 Å². The molecule has 2 heterocycles. The molecule has 1 aromatic heterocycles. The summed E-state index contributed by atoms with van der Waals surface area (Å²) in [7, 11) is -0.471. The van der Waals surface area contributed by atoms with E-state index in [0.29, 0.717) is 11.1 Å². The van der Waals surface area contributed by atoms with Gasteiger partial charge in [0.1, 0.15) is 5.52 Å². The van der Waals surface area contributed by atoms with Crippen LogP contribution in [0.4, 0.5) is 6.01 Å². The zero-order chi connectivity index (χ0) is 13.8. The summed E-state index contributed by atoms with van der Waals surface area (Å²) in [5, 5.41) is 0. The van der Waals surface area contributed by atoms with Gasteiger partial charge in [-0.25, -0.2) is 0 Å². The van der Waals surface area contributed by atoms with Gasteiger partial charge in [-0.2, -0.15) is 4.98 Å². The first-order valence-corrected chi connectivity index (χ1v) is 6.31. The summed E-state index contributed by atoms with van der Waals surface area (Å²) in [6.45, 7) is 8.06. The van der Waals surface area contributed by atoms with Crippen molar-refractivity contribution in [3.05, 3.63) is 18.2 Å². The number of anilines is 1. The number of nitrogen functional groups attached to an aromatic ring is 1. The fraction of sp³-hybridized carbons (Fsp3) is 0.462. The number of oxazole rings is 1. The minimum absolute atomic E-state index is 0.152. The quantitative estimate of drug-likeness (QED) is 0.790. The van der Waals surface area contributed by atoms with Crippen LogP contribution in [0.25, 0.3) is 11.1 Å². The summed E-state index contributed by atoms with van der Waals surface area (Å²) >= 11 is 0. The van der Waals surface area contributed by atoms with Crippen LogP contribution in [-0.4, -0.2) is 23.3 Å². The van der Waals surface area contributed by atoms with Gasteiger partial charge in [-0.05, 0) is 33.8 Å². The van der Waals surface area contributed by atoms with Crippen molar-refractivity contribution >= 4 is 29.7 Å². The van der Waals surface area contributed by atoms with Crippen LogP contribution in [0.5, 0.6) is 0 Å². The van der Waals surface area contributed by atoms with Crippen LogP contribution in [0, 0.1) is 0 Å². The molecular weight excluding hydrogens is 243 g/mol. The maximum absolute atomic E-state index is 6.02. The highest BCUT2D eigenvalue weighted by molar-refractivity contribution is 6.64. The molecule has 0 aliphatic carbocycles. The minimum Gasteiger partial charge on any atom is -0.424 e. The molecule has 2 aromatic rings. The first-order chi connectivity index (χ1) is 8.80. The van der Waals surface area contributed by atoms with Gasteiger partial charge >= 0.3 is 7.12 Å². The second-order valence-electron chi connectivity index (χ2n) is 5.84. The number of aromatic nitrogens is 1. The Hall–Kier alpha value is -1.53. The number of para-hydroxylation sites is 1. The SMILES string of the molecule is CC1(C)OB(c2cccc3nc(N)oc23)OC1(C)C. The molecule has 1 aromatic carbocycles. The number of nitrogens with zero attached hydrogens (tertiary/aromatic N) is 1. The van der Waals surface area contributed by atoms with E-state index in [1.165, 1.54) is 0 Å². The smallest absolute Gasteiger partial charge is 0.424 e. The van der Waals surface area contributed by atoms with Crippen LogP contribution < -0.4 is 11.2 Å². The van der Waals surface area contributed by atoms with E-state index in [2.05, 4.69) is 4.98 Å². The Balaban J connectivity index is 2.07. The molecule has 2 N–H and O–H groups in total. The van der Waals surface area contributed by atoms with Gasteiger partial charge in [0.2, 0.25) is 0 Å². The molecule has 0 unspecified atom stereocenters. The number of nitrogens with two attached hydrogens (primary N) is 1. The largest absolute Gasteiger partial charge is 0.498 e. The number of rotatable bonds is 1. The van der Waals surface area contributed by atoms with Crippen LogP contribution >= 0.6 is 0 Å². The summed E-state index contributed by atoms with van der Waals surface area (Å²) in [5.41, 5.74) is 6.99. The molecular formula is C13H17BN2O3. The lowest BCUT2D eigenvalue weighted by atomic mass is 9.78. The van der Waals surface area contributed by atoms with E-state index in [4.69, 9.17) is 19.5 Å². The van der Waals surface area contributed by atoms with Gasteiger partial charge in [0.25, 0.3) is 6.01 Å². The predicted molar refractivity (Wildman–Crippen MR) is 74.1 cm³/mol. The Bertz CT molecular complexity index is 620. The molecule has 100 valence electrons. The third-order valence-corrected chi connectivity index (χ3v) is 3.97. The summed E-state index contributed by atoms with van der Waals surface area (Å²) in [6.07, 6.45) is 0. The van der Waals surface area contributed by atoms with E-state index in [-0.39, 0.29) is 17.2 Å². The van der Waals surface area contributed by atoms with Crippen LogP contribution in [0.2, 0.25) is 0 Å². The predicted octanol–water partition coefficient (Wildman–Crippen LogP) is 1.71. The van der Waals surface area contributed by atoms with Crippen molar-refractivity contribution < 1.29 is 13.7 Å². The van der Waals surface area contributed by atoms with Crippen molar-refractivity contribution in [1.82, 2.24) is 4.98 Å². The number of hydrogen-bond donors (Lipinski definition) is 1. The molecule has 5 nitrogen and oxygen atoms in total. The normalized spacial score (nSPS) is 21.2. The molecule has 1 aliphatic heterocycles. The van der Waals surface area contributed by atoms with Crippen LogP contribution in [0.15, 0.2) is 22.6 Å². The third kappa shape index (κ3) is 1.83. The van der Waals surface area contributed by atoms with Crippen molar-refractivity contribution in [2.45, 2.75) is 38.9 Å². The van der Waals surface area contributed by atoms with Gasteiger partial charge < -0.3 is 19.5 Å². The summed E-state index contributed by atoms with van der Waals surface area (Å²) < 4.78 is 17.5. The van der Waals surface area contributed by atoms with Crippen molar-refractivity contribution in [2.24, 2.45) is 0 Å². The lowest BCUT2D eigenvalue weighted by Crippen LogP contribution is -2.41. The molecule has 6 heteroatoms. The Kier molecular flexibility index (Phi) is 2.46. The van der Waals surface area contributed by atoms with E-state index in [9.17, 15) is 0 Å². The van der Waals surface area contributed by atoms with Crippen molar-refractivity contribution in [1.29, 1.82) is 0 Å². The van der Waals surface area contributed by atoms with Crippen LogP contribution in [0.3, 0.4) is 0 Å². The highest BCUT2D eigenvalue weighted by Crippen LogP contribution is 2.37. The molecule has 0 spiro atoms. The monoisotopic (exact) mass is 260 g/mol. The molecule has 1 saturated heterocycles. The molecule has 0 saturated carbocycles. The van der Waals surface area contributed by atoms with E-state index < -0.39 is 7.12 Å². The van der Waals surface area contributed by atoms with E-state index in [1.54, 1.807) is 0 Å². The zero-order valence-corrected chi connectivity index (χ0v) is 11.6. The molecule has 1 fully saturated rings. The van der Waals surface area contributed by atoms with Crippen molar-refractivity contribution in [3.63, 3.8) is 0 Å². The topological polar surface area (TPSA) is 70.5 Å². The van der Waals surface area contributed by atoms with Gasteiger partial charge in [0, 0.05) is 5.46 Å². The molecule has 19 heavy (non-hydrogen) atoms. The van der Waals surface area contributed by atoms with Gasteiger partial charge in [0.15, 0.2) is 5.58 Å². The highest BCUT2D eigenvalue weighted by atomic mass is 16.7. The summed E-state index contributed by atoms with van der Waals surface area (Å²) in [6, 6.07) is 5.81. The van der Waals surface area contributed by atoms with E-state index in [1.807, 2.05) is 45.9 Å². The average Bonchev–Trinajstić information content (AvgIpc) is 2.75. The molecule has 3 rings (SSSR count). The lowest BCUT2D eigenvalue weighted by Gasteiger charge is -2.32. The Morgan fingerprint density at radius 3 is 2.37 bits per heavy atom. The average molecular weight is 260 g/mol. The second kappa shape index (κ2) is 3.74. The van der Waals surface area contributed by atoms with E-state index >= 15 is 0 Å². The van der Waals surface area contributed by atoms with Crippen LogP contribution in [-0.2, 0) is 9.31 Å². The summed E-state index contributed by atoms with van der Waals surface area (Å²) in [5.74, 6) is 0. The van der Waals surface area contributed by atoms with Gasteiger partial charge in [-0.3, -0.25) is 0 Å². The number of benzene rings is 1. The first kappa shape index (κ1) is 12.5. The van der Waals surface area contributed by atoms with Gasteiger partial charge in [-0.1, -0.05) is 12.1 Å². The molecule has 0 atom stereocenters. The lowest BCUT2D eigenvalue weighted by molar-refractivity contribution is 0.00578. The van der Waals surface area contributed by atoms with Crippen molar-refractivity contribution in [3.8, 4) is 0 Å². The number of fused-ring (bicyclic) bond motifs is 1. The fourth-order valence-corrected chi connectivity index (χ4v) is 2.14. The Morgan fingerprint density at radius 1 is 1.11 bits per heavy atom.